The summed E-state index contributed by atoms with van der Waals surface area (Å²) in [4.78, 5) is 28.5. The van der Waals surface area contributed by atoms with Crippen LogP contribution in [0.5, 0.6) is 0 Å². The highest BCUT2D eigenvalue weighted by Gasteiger charge is 2.34. The molecule has 0 saturated carbocycles. The summed E-state index contributed by atoms with van der Waals surface area (Å²) in [6.45, 7) is 1.47. The van der Waals surface area contributed by atoms with Crippen molar-refractivity contribution in [2.24, 2.45) is 0 Å². The van der Waals surface area contributed by atoms with Crippen LogP contribution in [0.25, 0.3) is 0 Å². The summed E-state index contributed by atoms with van der Waals surface area (Å²) in [5.41, 5.74) is 0.458. The van der Waals surface area contributed by atoms with E-state index < -0.39 is 0 Å². The zero-order chi connectivity index (χ0) is 18.5. The summed E-state index contributed by atoms with van der Waals surface area (Å²) in [5, 5.41) is 3.44. The van der Waals surface area contributed by atoms with Crippen LogP contribution in [0.3, 0.4) is 0 Å². The standard InChI is InChI=1S/C19H26FN3O3/c1-26-9-8-22(11-14-4-2-3-5-17(14)20)19(25)13-23-12-16-7-6-15(21-16)10-18(23)24/h2-5,15-16,21H,6-13H2,1H3/t15-,16+/m1/s1. The van der Waals surface area contributed by atoms with Gasteiger partial charge in [0.05, 0.1) is 13.2 Å². The predicted octanol–water partition coefficient (Wildman–Crippen LogP) is 1.15. The number of nitrogens with zero attached hydrogens (tertiary/aromatic N) is 2. The van der Waals surface area contributed by atoms with E-state index in [1.807, 2.05) is 0 Å². The van der Waals surface area contributed by atoms with Crippen molar-refractivity contribution in [3.8, 4) is 0 Å². The van der Waals surface area contributed by atoms with Crippen LogP contribution in [0.15, 0.2) is 24.3 Å². The second kappa shape index (κ2) is 8.60. The van der Waals surface area contributed by atoms with E-state index in [0.29, 0.717) is 31.7 Å². The van der Waals surface area contributed by atoms with Crippen LogP contribution >= 0.6 is 0 Å². The first-order chi connectivity index (χ1) is 12.6. The number of nitrogens with one attached hydrogen (secondary N) is 1. The van der Waals surface area contributed by atoms with Crippen LogP contribution in [0.2, 0.25) is 0 Å². The Hall–Kier alpha value is -1.99. The van der Waals surface area contributed by atoms with E-state index in [4.69, 9.17) is 4.74 Å². The van der Waals surface area contributed by atoms with Gasteiger partial charge in [0.2, 0.25) is 11.8 Å². The SMILES string of the molecule is COCCN(Cc1ccccc1F)C(=O)CN1C[C@@H]2CC[C@H](CC1=O)N2. The van der Waals surface area contributed by atoms with Gasteiger partial charge in [-0.15, -0.1) is 0 Å². The molecule has 2 atom stereocenters. The fourth-order valence-corrected chi connectivity index (χ4v) is 3.66. The molecule has 3 rings (SSSR count). The largest absolute Gasteiger partial charge is 0.383 e. The minimum Gasteiger partial charge on any atom is -0.383 e. The molecule has 2 heterocycles. The molecule has 2 aliphatic rings. The number of benzene rings is 1. The maximum absolute atomic E-state index is 14.0. The Kier molecular flexibility index (Phi) is 6.21. The summed E-state index contributed by atoms with van der Waals surface area (Å²) in [6, 6.07) is 6.92. The summed E-state index contributed by atoms with van der Waals surface area (Å²) < 4.78 is 19.1. The number of hydrogen-bond acceptors (Lipinski definition) is 4. The molecule has 0 aliphatic carbocycles. The molecule has 1 aromatic rings. The lowest BCUT2D eigenvalue weighted by atomic mass is 10.1. The van der Waals surface area contributed by atoms with E-state index in [1.165, 1.54) is 6.07 Å². The average molecular weight is 363 g/mol. The van der Waals surface area contributed by atoms with Crippen molar-refractivity contribution in [3.63, 3.8) is 0 Å². The lowest BCUT2D eigenvalue weighted by Crippen LogP contribution is -2.46. The second-order valence-electron chi connectivity index (χ2n) is 7.02. The fourth-order valence-electron chi connectivity index (χ4n) is 3.66. The third kappa shape index (κ3) is 4.59. The van der Waals surface area contributed by atoms with E-state index in [-0.39, 0.29) is 42.8 Å². The van der Waals surface area contributed by atoms with Crippen LogP contribution in [0.4, 0.5) is 4.39 Å². The van der Waals surface area contributed by atoms with Gasteiger partial charge in [0.1, 0.15) is 5.82 Å². The Morgan fingerprint density at radius 3 is 2.88 bits per heavy atom. The Morgan fingerprint density at radius 1 is 1.35 bits per heavy atom. The Bertz CT molecular complexity index is 655. The normalized spacial score (nSPS) is 22.4. The molecule has 2 aliphatic heterocycles. The molecule has 2 amide bonds. The van der Waals surface area contributed by atoms with Gasteiger partial charge < -0.3 is 19.9 Å². The Labute approximate surface area is 153 Å². The molecule has 142 valence electrons. The lowest BCUT2D eigenvalue weighted by molar-refractivity contribution is -0.141. The molecule has 0 unspecified atom stereocenters. The summed E-state index contributed by atoms with van der Waals surface area (Å²) >= 11 is 0. The molecule has 2 saturated heterocycles. The number of carbonyl (C=O) groups is 2. The number of amides is 2. The Balaban J connectivity index is 1.66. The van der Waals surface area contributed by atoms with Crippen molar-refractivity contribution < 1.29 is 18.7 Å². The van der Waals surface area contributed by atoms with E-state index in [0.717, 1.165) is 12.8 Å². The Morgan fingerprint density at radius 2 is 2.12 bits per heavy atom. The van der Waals surface area contributed by atoms with Crippen molar-refractivity contribution in [1.82, 2.24) is 15.1 Å². The highest BCUT2D eigenvalue weighted by molar-refractivity contribution is 5.85. The highest BCUT2D eigenvalue weighted by atomic mass is 19.1. The van der Waals surface area contributed by atoms with Gasteiger partial charge in [-0.25, -0.2) is 4.39 Å². The van der Waals surface area contributed by atoms with E-state index in [2.05, 4.69) is 5.32 Å². The molecule has 6 nitrogen and oxygen atoms in total. The number of likely N-dealkylation sites (tertiary alicyclic amines) is 1. The van der Waals surface area contributed by atoms with E-state index >= 15 is 0 Å². The van der Waals surface area contributed by atoms with Crippen LogP contribution in [0, 0.1) is 5.82 Å². The second-order valence-corrected chi connectivity index (χ2v) is 7.02. The van der Waals surface area contributed by atoms with Crippen molar-refractivity contribution in [3.05, 3.63) is 35.6 Å². The molecular formula is C19H26FN3O3. The average Bonchev–Trinajstić information content (AvgIpc) is 2.99. The zero-order valence-electron chi connectivity index (χ0n) is 15.1. The summed E-state index contributed by atoms with van der Waals surface area (Å²) in [6.07, 6.45) is 2.49. The van der Waals surface area contributed by atoms with E-state index in [1.54, 1.807) is 35.1 Å². The monoisotopic (exact) mass is 363 g/mol. The number of halogens is 1. The molecule has 2 fully saturated rings. The minimum atomic E-state index is -0.338. The molecule has 0 radical (unpaired) electrons. The van der Waals surface area contributed by atoms with Gasteiger partial charge in [-0.2, -0.15) is 0 Å². The molecule has 0 spiro atoms. The summed E-state index contributed by atoms with van der Waals surface area (Å²) in [5.74, 6) is -0.512. The first-order valence-electron chi connectivity index (χ1n) is 9.10. The van der Waals surface area contributed by atoms with Gasteiger partial charge in [0, 0.05) is 50.8 Å². The van der Waals surface area contributed by atoms with Crippen LogP contribution in [-0.4, -0.2) is 67.0 Å². The lowest BCUT2D eigenvalue weighted by Gasteiger charge is -2.28. The molecule has 7 heteroatoms. The number of hydrogen-bond donors (Lipinski definition) is 1. The fraction of sp³-hybridized carbons (Fsp3) is 0.579. The summed E-state index contributed by atoms with van der Waals surface area (Å²) in [7, 11) is 1.56. The van der Waals surface area contributed by atoms with Gasteiger partial charge in [0.25, 0.3) is 0 Å². The number of ether oxygens (including phenoxy) is 1. The topological polar surface area (TPSA) is 61.9 Å². The molecule has 1 N–H and O–H groups in total. The number of fused-ring (bicyclic) bond motifs is 2. The van der Waals surface area contributed by atoms with Gasteiger partial charge in [0.15, 0.2) is 0 Å². The third-order valence-electron chi connectivity index (χ3n) is 5.11. The third-order valence-corrected chi connectivity index (χ3v) is 5.11. The molecular weight excluding hydrogens is 337 g/mol. The van der Waals surface area contributed by atoms with Crippen molar-refractivity contribution in [2.45, 2.75) is 37.9 Å². The number of carbonyl (C=O) groups excluding carboxylic acids is 2. The minimum absolute atomic E-state index is 0.00985. The predicted molar refractivity (Wildman–Crippen MR) is 94.8 cm³/mol. The smallest absolute Gasteiger partial charge is 0.242 e. The van der Waals surface area contributed by atoms with Gasteiger partial charge in [-0.3, -0.25) is 9.59 Å². The number of rotatable bonds is 7. The molecule has 2 bridgehead atoms. The van der Waals surface area contributed by atoms with Crippen LogP contribution in [-0.2, 0) is 20.9 Å². The molecule has 1 aromatic carbocycles. The van der Waals surface area contributed by atoms with Gasteiger partial charge >= 0.3 is 0 Å². The van der Waals surface area contributed by atoms with Crippen molar-refractivity contribution >= 4 is 11.8 Å². The van der Waals surface area contributed by atoms with Crippen molar-refractivity contribution in [1.29, 1.82) is 0 Å². The molecule has 26 heavy (non-hydrogen) atoms. The quantitative estimate of drug-likeness (QED) is 0.790. The van der Waals surface area contributed by atoms with E-state index in [9.17, 15) is 14.0 Å². The van der Waals surface area contributed by atoms with Crippen LogP contribution in [0.1, 0.15) is 24.8 Å². The highest BCUT2D eigenvalue weighted by Crippen LogP contribution is 2.21. The first-order valence-corrected chi connectivity index (χ1v) is 9.10. The maximum atomic E-state index is 14.0. The van der Waals surface area contributed by atoms with Crippen LogP contribution < -0.4 is 5.32 Å². The molecule has 0 aromatic heterocycles. The number of methoxy groups -OCH3 is 1. The zero-order valence-corrected chi connectivity index (χ0v) is 15.1. The first kappa shape index (κ1) is 18.8. The van der Waals surface area contributed by atoms with Gasteiger partial charge in [-0.05, 0) is 18.9 Å². The van der Waals surface area contributed by atoms with Crippen molar-refractivity contribution in [2.75, 3.05) is 33.4 Å². The van der Waals surface area contributed by atoms with Gasteiger partial charge in [-0.1, -0.05) is 18.2 Å². The maximum Gasteiger partial charge on any atom is 0.242 e.